The molecule has 4 rings (SSSR count). The Bertz CT molecular complexity index is 974. The number of phenolic OH excluding ortho intramolecular Hbond substituents is 1. The third-order valence-corrected chi connectivity index (χ3v) is 5.48. The summed E-state index contributed by atoms with van der Waals surface area (Å²) < 4.78 is 0. The van der Waals surface area contributed by atoms with Crippen molar-refractivity contribution < 1.29 is 9.90 Å². The van der Waals surface area contributed by atoms with E-state index in [0.29, 0.717) is 11.3 Å². The van der Waals surface area contributed by atoms with Crippen molar-refractivity contribution in [3.63, 3.8) is 0 Å². The molecule has 0 heterocycles. The summed E-state index contributed by atoms with van der Waals surface area (Å²) in [5, 5.41) is 14.2. The number of hydrazone groups is 1. The van der Waals surface area contributed by atoms with Crippen molar-refractivity contribution in [3.05, 3.63) is 102 Å². The molecule has 2 N–H and O–H groups in total. The minimum atomic E-state index is -0.315. The zero-order chi connectivity index (χ0) is 19.6. The van der Waals surface area contributed by atoms with Crippen molar-refractivity contribution >= 4 is 11.6 Å². The Morgan fingerprint density at radius 2 is 1.46 bits per heavy atom. The highest BCUT2D eigenvalue weighted by Gasteiger charge is 2.60. The number of carbonyl (C=O) groups is 1. The maximum atomic E-state index is 12.9. The van der Waals surface area contributed by atoms with E-state index in [4.69, 9.17) is 0 Å². The van der Waals surface area contributed by atoms with E-state index in [1.807, 2.05) is 42.5 Å². The van der Waals surface area contributed by atoms with Crippen molar-refractivity contribution in [2.75, 3.05) is 0 Å². The Balaban J connectivity index is 1.58. The van der Waals surface area contributed by atoms with Crippen LogP contribution in [0.4, 0.5) is 0 Å². The van der Waals surface area contributed by atoms with Gasteiger partial charge in [0, 0.05) is 11.0 Å². The largest absolute Gasteiger partial charge is 0.507 e. The Morgan fingerprint density at radius 3 is 2.04 bits per heavy atom. The zero-order valence-electron chi connectivity index (χ0n) is 15.7. The van der Waals surface area contributed by atoms with Crippen molar-refractivity contribution in [1.29, 1.82) is 0 Å². The summed E-state index contributed by atoms with van der Waals surface area (Å²) in [7, 11) is 0. The van der Waals surface area contributed by atoms with Crippen molar-refractivity contribution in [2.45, 2.75) is 18.8 Å². The Morgan fingerprint density at radius 1 is 0.929 bits per heavy atom. The number of aromatic hydroxyl groups is 1. The summed E-state index contributed by atoms with van der Waals surface area (Å²) in [4.78, 5) is 12.9. The molecule has 1 amide bonds. The third-order valence-electron chi connectivity index (χ3n) is 5.48. The van der Waals surface area contributed by atoms with Gasteiger partial charge in [0.1, 0.15) is 5.75 Å². The highest BCUT2D eigenvalue weighted by molar-refractivity contribution is 6.01. The molecule has 1 aliphatic rings. The van der Waals surface area contributed by atoms with Crippen LogP contribution in [0.5, 0.6) is 5.75 Å². The summed E-state index contributed by atoms with van der Waals surface area (Å²) in [6.45, 7) is 1.77. The quantitative estimate of drug-likeness (QED) is 0.521. The lowest BCUT2D eigenvalue weighted by atomic mass is 9.85. The number of rotatable bonds is 5. The van der Waals surface area contributed by atoms with Gasteiger partial charge in [-0.25, -0.2) is 5.43 Å². The van der Waals surface area contributed by atoms with Gasteiger partial charge < -0.3 is 5.11 Å². The van der Waals surface area contributed by atoms with Crippen LogP contribution in [0.15, 0.2) is 90.0 Å². The number of nitrogens with one attached hydrogen (secondary N) is 1. The lowest BCUT2D eigenvalue weighted by molar-refractivity contribution is -0.122. The highest BCUT2D eigenvalue weighted by atomic mass is 16.3. The lowest BCUT2D eigenvalue weighted by Crippen LogP contribution is -2.26. The average molecular weight is 370 g/mol. The first-order valence-corrected chi connectivity index (χ1v) is 9.36. The number of nitrogens with zero attached hydrogens (tertiary/aromatic N) is 1. The van der Waals surface area contributed by atoms with Crippen molar-refractivity contribution in [1.82, 2.24) is 5.43 Å². The molecular weight excluding hydrogens is 348 g/mol. The second kappa shape index (κ2) is 7.31. The molecule has 1 saturated carbocycles. The van der Waals surface area contributed by atoms with Gasteiger partial charge in [0.05, 0.1) is 11.6 Å². The topological polar surface area (TPSA) is 61.7 Å². The van der Waals surface area contributed by atoms with Crippen molar-refractivity contribution in [2.24, 2.45) is 11.0 Å². The maximum Gasteiger partial charge on any atom is 0.244 e. The monoisotopic (exact) mass is 370 g/mol. The summed E-state index contributed by atoms with van der Waals surface area (Å²) >= 11 is 0. The van der Waals surface area contributed by atoms with Crippen LogP contribution in [0.3, 0.4) is 0 Å². The fraction of sp³-hybridized carbons (Fsp3) is 0.167. The molecule has 0 saturated heterocycles. The summed E-state index contributed by atoms with van der Waals surface area (Å²) in [5.74, 6) is -0.145. The third kappa shape index (κ3) is 3.18. The minimum absolute atomic E-state index is 0.109. The number of benzene rings is 3. The molecule has 1 atom stereocenters. The van der Waals surface area contributed by atoms with Crippen molar-refractivity contribution in [3.8, 4) is 5.75 Å². The fourth-order valence-corrected chi connectivity index (χ4v) is 3.91. The first-order chi connectivity index (χ1) is 13.6. The van der Waals surface area contributed by atoms with Gasteiger partial charge in [-0.1, -0.05) is 72.8 Å². The van der Waals surface area contributed by atoms with E-state index >= 15 is 0 Å². The van der Waals surface area contributed by atoms with E-state index < -0.39 is 0 Å². The van der Waals surface area contributed by atoms with Crippen LogP contribution in [0.2, 0.25) is 0 Å². The molecular formula is C24H22N2O2. The van der Waals surface area contributed by atoms with Gasteiger partial charge in [-0.05, 0) is 36.6 Å². The van der Waals surface area contributed by atoms with Crippen LogP contribution in [-0.4, -0.2) is 16.7 Å². The highest BCUT2D eigenvalue weighted by Crippen LogP contribution is 2.58. The van der Waals surface area contributed by atoms with Crippen LogP contribution in [0.25, 0.3) is 0 Å². The standard InChI is InChI=1S/C24H22N2O2/c1-17(20-14-8-9-15-22(20)27)25-26-23(28)21-16-24(21,18-10-4-2-5-11-18)19-12-6-3-7-13-19/h2-15,21,27H,16H2,1H3,(H,26,28)/b25-17-/t21-/m0/s1. The second-order valence-electron chi connectivity index (χ2n) is 7.15. The zero-order valence-corrected chi connectivity index (χ0v) is 15.7. The minimum Gasteiger partial charge on any atom is -0.507 e. The van der Waals surface area contributed by atoms with Gasteiger partial charge in [0.15, 0.2) is 0 Å². The van der Waals surface area contributed by atoms with Crippen LogP contribution in [-0.2, 0) is 10.2 Å². The number of hydrogen-bond donors (Lipinski definition) is 2. The molecule has 0 radical (unpaired) electrons. The molecule has 3 aromatic rings. The van der Waals surface area contributed by atoms with Crippen LogP contribution >= 0.6 is 0 Å². The second-order valence-corrected chi connectivity index (χ2v) is 7.15. The van der Waals surface area contributed by atoms with E-state index in [0.717, 1.165) is 17.5 Å². The molecule has 28 heavy (non-hydrogen) atoms. The van der Waals surface area contributed by atoms with E-state index in [1.165, 1.54) is 0 Å². The molecule has 1 aliphatic carbocycles. The maximum absolute atomic E-state index is 12.9. The van der Waals surface area contributed by atoms with E-state index in [-0.39, 0.29) is 23.0 Å². The Kier molecular flexibility index (Phi) is 4.70. The van der Waals surface area contributed by atoms with Gasteiger partial charge in [-0.3, -0.25) is 4.79 Å². The average Bonchev–Trinajstić information content (AvgIpc) is 3.51. The first kappa shape index (κ1) is 18.0. The number of phenols is 1. The smallest absolute Gasteiger partial charge is 0.244 e. The summed E-state index contributed by atoms with van der Waals surface area (Å²) in [6, 6.07) is 27.3. The predicted molar refractivity (Wildman–Crippen MR) is 110 cm³/mol. The Hall–Kier alpha value is -3.40. The molecule has 140 valence electrons. The van der Waals surface area contributed by atoms with E-state index in [2.05, 4.69) is 34.8 Å². The molecule has 0 bridgehead atoms. The Labute approximate surface area is 164 Å². The van der Waals surface area contributed by atoms with Gasteiger partial charge in [0.2, 0.25) is 5.91 Å². The number of hydrogen-bond acceptors (Lipinski definition) is 3. The molecule has 0 spiro atoms. The molecule has 0 aromatic heterocycles. The molecule has 4 heteroatoms. The number of amides is 1. The molecule has 3 aromatic carbocycles. The molecule has 1 fully saturated rings. The number of para-hydroxylation sites is 1. The van der Waals surface area contributed by atoms with E-state index in [1.54, 1.807) is 25.1 Å². The lowest BCUT2D eigenvalue weighted by Gasteiger charge is -2.18. The summed E-state index contributed by atoms with van der Waals surface area (Å²) in [6.07, 6.45) is 0.748. The molecule has 0 aliphatic heterocycles. The summed E-state index contributed by atoms with van der Waals surface area (Å²) in [5.41, 5.74) is 5.84. The first-order valence-electron chi connectivity index (χ1n) is 9.36. The SMILES string of the molecule is C/C(=N/NC(=O)[C@@H]1CC1(c1ccccc1)c1ccccc1)c1ccccc1O. The van der Waals surface area contributed by atoms with Gasteiger partial charge in [0.25, 0.3) is 0 Å². The van der Waals surface area contributed by atoms with Crippen LogP contribution in [0, 0.1) is 5.92 Å². The molecule has 4 nitrogen and oxygen atoms in total. The van der Waals surface area contributed by atoms with Crippen LogP contribution in [0.1, 0.15) is 30.0 Å². The number of carbonyl (C=O) groups excluding carboxylic acids is 1. The van der Waals surface area contributed by atoms with Gasteiger partial charge in [-0.15, -0.1) is 0 Å². The fourth-order valence-electron chi connectivity index (χ4n) is 3.91. The van der Waals surface area contributed by atoms with Crippen LogP contribution < -0.4 is 5.43 Å². The van der Waals surface area contributed by atoms with Gasteiger partial charge in [-0.2, -0.15) is 5.10 Å². The van der Waals surface area contributed by atoms with Gasteiger partial charge >= 0.3 is 0 Å². The van der Waals surface area contributed by atoms with E-state index in [9.17, 15) is 9.90 Å². The predicted octanol–water partition coefficient (Wildman–Crippen LogP) is 4.24. The normalized spacial score (nSPS) is 17.8. The molecule has 0 unspecified atom stereocenters.